The molecule has 1 unspecified atom stereocenters. The van der Waals surface area contributed by atoms with Gasteiger partial charge in [-0.05, 0) is 40.3 Å². The second-order valence-corrected chi connectivity index (χ2v) is 5.28. The predicted octanol–water partition coefficient (Wildman–Crippen LogP) is 3.32. The maximum Gasteiger partial charge on any atom is 0.166 e. The largest absolute Gasteiger partial charge is 0.497 e. The van der Waals surface area contributed by atoms with E-state index in [4.69, 9.17) is 4.74 Å². The molecule has 1 atom stereocenters. The first-order valence-electron chi connectivity index (χ1n) is 5.26. The van der Waals surface area contributed by atoms with E-state index in [0.717, 1.165) is 16.9 Å². The number of methoxy groups -OCH3 is 1. The summed E-state index contributed by atoms with van der Waals surface area (Å²) in [4.78, 5) is 0. The van der Waals surface area contributed by atoms with Crippen LogP contribution in [0, 0.1) is 0 Å². The summed E-state index contributed by atoms with van der Waals surface area (Å²) in [5.41, 5.74) is 1.66. The summed E-state index contributed by atoms with van der Waals surface area (Å²) < 4.78 is 4.14. The number of halogens is 1. The van der Waals surface area contributed by atoms with Crippen molar-refractivity contribution in [3.05, 3.63) is 65.7 Å². The van der Waals surface area contributed by atoms with Crippen molar-refractivity contribution in [2.24, 2.45) is 0 Å². The van der Waals surface area contributed by atoms with Gasteiger partial charge in [0.05, 0.1) is 7.11 Å². The van der Waals surface area contributed by atoms with Gasteiger partial charge in [0.2, 0.25) is 0 Å². The van der Waals surface area contributed by atoms with Gasteiger partial charge in [0.15, 0.2) is 3.61 Å². The van der Waals surface area contributed by atoms with E-state index >= 15 is 0 Å². The molecule has 17 heavy (non-hydrogen) atoms. The molecule has 3 heteroatoms. The van der Waals surface area contributed by atoms with Crippen molar-refractivity contribution in [3.8, 4) is 5.75 Å². The molecule has 2 nitrogen and oxygen atoms in total. The lowest BCUT2D eigenvalue weighted by molar-refractivity contribution is 0.200. The number of benzene rings is 2. The zero-order valence-corrected chi connectivity index (χ0v) is 11.6. The van der Waals surface area contributed by atoms with Crippen LogP contribution in [0.4, 0.5) is 0 Å². The second-order valence-electron chi connectivity index (χ2n) is 3.72. The van der Waals surface area contributed by atoms with Gasteiger partial charge in [0, 0.05) is 5.56 Å². The maximum atomic E-state index is 10.6. The van der Waals surface area contributed by atoms with Crippen LogP contribution in [0.15, 0.2) is 54.6 Å². The molecule has 0 radical (unpaired) electrons. The van der Waals surface area contributed by atoms with E-state index in [1.54, 1.807) is 7.11 Å². The molecule has 1 N–H and O–H groups in total. The summed E-state index contributed by atoms with van der Waals surface area (Å²) in [7, 11) is 1.62. The molecular weight excluding hydrogens is 327 g/mol. The van der Waals surface area contributed by atoms with Gasteiger partial charge in [-0.25, -0.2) is 0 Å². The minimum absolute atomic E-state index is 0.744. The number of ether oxygens (including phenoxy) is 1. The van der Waals surface area contributed by atoms with Crippen molar-refractivity contribution in [2.45, 2.75) is 3.61 Å². The average Bonchev–Trinajstić information content (AvgIpc) is 2.40. The molecule has 0 amide bonds. The Morgan fingerprint density at radius 2 is 1.65 bits per heavy atom. The molecule has 0 aliphatic heterocycles. The van der Waals surface area contributed by atoms with E-state index < -0.39 is 3.61 Å². The minimum atomic E-state index is -1.03. The Morgan fingerprint density at radius 1 is 1.00 bits per heavy atom. The van der Waals surface area contributed by atoms with E-state index in [-0.39, 0.29) is 0 Å². The van der Waals surface area contributed by atoms with E-state index in [0.29, 0.717) is 0 Å². The molecule has 0 saturated carbocycles. The topological polar surface area (TPSA) is 29.5 Å². The van der Waals surface area contributed by atoms with Crippen molar-refractivity contribution in [1.29, 1.82) is 0 Å². The highest BCUT2D eigenvalue weighted by molar-refractivity contribution is 14.1. The van der Waals surface area contributed by atoms with E-state index in [1.807, 2.05) is 77.2 Å². The lowest BCUT2D eigenvalue weighted by Gasteiger charge is -2.22. The summed E-state index contributed by atoms with van der Waals surface area (Å²) in [6, 6.07) is 17.1. The Morgan fingerprint density at radius 3 is 2.29 bits per heavy atom. The van der Waals surface area contributed by atoms with Crippen molar-refractivity contribution >= 4 is 22.6 Å². The van der Waals surface area contributed by atoms with Crippen LogP contribution in [0.2, 0.25) is 0 Å². The third kappa shape index (κ3) is 2.61. The zero-order valence-electron chi connectivity index (χ0n) is 9.43. The standard InChI is InChI=1S/C14H13IO2/c1-17-13-9-5-8-12(10-13)14(15,16)11-6-3-2-4-7-11/h2-10,16H,1H3. The van der Waals surface area contributed by atoms with Gasteiger partial charge in [-0.1, -0.05) is 42.5 Å². The van der Waals surface area contributed by atoms with Gasteiger partial charge < -0.3 is 9.84 Å². The predicted molar refractivity (Wildman–Crippen MR) is 76.5 cm³/mol. The fraction of sp³-hybridized carbons (Fsp3) is 0.143. The third-order valence-electron chi connectivity index (χ3n) is 2.61. The van der Waals surface area contributed by atoms with Crippen molar-refractivity contribution in [1.82, 2.24) is 0 Å². The third-order valence-corrected chi connectivity index (χ3v) is 3.85. The van der Waals surface area contributed by atoms with Gasteiger partial charge in [-0.15, -0.1) is 0 Å². The smallest absolute Gasteiger partial charge is 0.166 e. The Kier molecular flexibility index (Phi) is 3.69. The van der Waals surface area contributed by atoms with Crippen LogP contribution in [0.25, 0.3) is 0 Å². The Labute approximate surface area is 114 Å². The van der Waals surface area contributed by atoms with E-state index in [2.05, 4.69) is 0 Å². The molecule has 0 heterocycles. The molecule has 2 aromatic rings. The van der Waals surface area contributed by atoms with Crippen LogP contribution in [0.1, 0.15) is 11.1 Å². The van der Waals surface area contributed by atoms with Gasteiger partial charge in [0.25, 0.3) is 0 Å². The number of alkyl halides is 1. The van der Waals surface area contributed by atoms with Crippen LogP contribution in [0.5, 0.6) is 5.75 Å². The molecule has 88 valence electrons. The van der Waals surface area contributed by atoms with Crippen LogP contribution >= 0.6 is 22.6 Å². The number of hydrogen-bond acceptors (Lipinski definition) is 2. The van der Waals surface area contributed by atoms with Crippen LogP contribution in [0.3, 0.4) is 0 Å². The van der Waals surface area contributed by atoms with Crippen LogP contribution in [-0.2, 0) is 3.61 Å². The van der Waals surface area contributed by atoms with Gasteiger partial charge in [0.1, 0.15) is 5.75 Å². The second kappa shape index (κ2) is 5.06. The first-order chi connectivity index (χ1) is 8.14. The summed E-state index contributed by atoms with van der Waals surface area (Å²) in [6.07, 6.45) is 0. The molecule has 2 rings (SSSR count). The molecule has 0 bridgehead atoms. The maximum absolute atomic E-state index is 10.6. The lowest BCUT2D eigenvalue weighted by Crippen LogP contribution is -2.18. The zero-order chi connectivity index (χ0) is 12.3. The number of aliphatic hydroxyl groups is 1. The summed E-state index contributed by atoms with van der Waals surface area (Å²) in [5.74, 6) is 0.744. The number of hydrogen-bond donors (Lipinski definition) is 1. The van der Waals surface area contributed by atoms with Gasteiger partial charge in [-0.2, -0.15) is 0 Å². The first kappa shape index (κ1) is 12.4. The average molecular weight is 340 g/mol. The van der Waals surface area contributed by atoms with E-state index in [9.17, 15) is 5.11 Å². The van der Waals surface area contributed by atoms with Crippen molar-refractivity contribution in [3.63, 3.8) is 0 Å². The Bertz CT molecular complexity index is 495. The Hall–Kier alpha value is -1.07. The summed E-state index contributed by atoms with van der Waals surface area (Å²) >= 11 is 2.04. The fourth-order valence-electron chi connectivity index (χ4n) is 1.65. The molecule has 0 aliphatic carbocycles. The van der Waals surface area contributed by atoms with Crippen LogP contribution in [-0.4, -0.2) is 12.2 Å². The quantitative estimate of drug-likeness (QED) is 0.686. The molecule has 0 aromatic heterocycles. The summed E-state index contributed by atoms with van der Waals surface area (Å²) in [6.45, 7) is 0. The first-order valence-corrected chi connectivity index (χ1v) is 6.34. The van der Waals surface area contributed by atoms with Gasteiger partial charge in [-0.3, -0.25) is 0 Å². The molecule has 2 aromatic carbocycles. The lowest BCUT2D eigenvalue weighted by atomic mass is 10.0. The Balaban J connectivity index is 2.44. The molecule has 0 spiro atoms. The molecule has 0 aliphatic rings. The SMILES string of the molecule is COc1cccc(C(O)(I)c2ccccc2)c1. The normalized spacial score (nSPS) is 14.1. The van der Waals surface area contributed by atoms with Crippen molar-refractivity contribution in [2.75, 3.05) is 7.11 Å². The number of rotatable bonds is 3. The molecule has 0 saturated heterocycles. The highest BCUT2D eigenvalue weighted by Crippen LogP contribution is 2.37. The molecular formula is C14H13IO2. The monoisotopic (exact) mass is 340 g/mol. The summed E-state index contributed by atoms with van der Waals surface area (Å²) in [5, 5.41) is 10.6. The fourth-order valence-corrected chi connectivity index (χ4v) is 2.35. The van der Waals surface area contributed by atoms with Crippen molar-refractivity contribution < 1.29 is 9.84 Å². The molecule has 0 fully saturated rings. The van der Waals surface area contributed by atoms with Crippen LogP contribution < -0.4 is 4.74 Å². The highest BCUT2D eigenvalue weighted by atomic mass is 127. The van der Waals surface area contributed by atoms with E-state index in [1.165, 1.54) is 0 Å². The highest BCUT2D eigenvalue weighted by Gasteiger charge is 2.27. The minimum Gasteiger partial charge on any atom is -0.497 e. The van der Waals surface area contributed by atoms with Gasteiger partial charge >= 0.3 is 0 Å².